The summed E-state index contributed by atoms with van der Waals surface area (Å²) in [6, 6.07) is 6.46. The summed E-state index contributed by atoms with van der Waals surface area (Å²) in [6.07, 6.45) is 2.22. The van der Waals surface area contributed by atoms with E-state index in [1.165, 1.54) is 0 Å². The minimum Gasteiger partial charge on any atom is -0.508 e. The number of nitrogens with zero attached hydrogens (tertiary/aromatic N) is 1. The first kappa shape index (κ1) is 14.8. The van der Waals surface area contributed by atoms with Crippen LogP contribution in [0.1, 0.15) is 18.4 Å². The molecule has 1 aliphatic heterocycles. The fourth-order valence-corrected chi connectivity index (χ4v) is 2.49. The standard InChI is InChI=1S/C15H22N2O3/c1-17(12-6-8-20-9-7-12)15(19)14(16)10-11-2-4-13(18)5-3-11/h2-5,12,14,18H,6-10,16H2,1H3/t14-/m1/s1. The zero-order valence-electron chi connectivity index (χ0n) is 11.8. The van der Waals surface area contributed by atoms with Crippen LogP contribution in [-0.4, -0.2) is 48.3 Å². The average molecular weight is 278 g/mol. The van der Waals surface area contributed by atoms with Gasteiger partial charge in [-0.15, -0.1) is 0 Å². The number of rotatable bonds is 4. The van der Waals surface area contributed by atoms with Crippen molar-refractivity contribution in [1.82, 2.24) is 4.90 Å². The molecule has 0 spiro atoms. The number of hydrogen-bond donors (Lipinski definition) is 2. The maximum atomic E-state index is 12.3. The Balaban J connectivity index is 1.92. The van der Waals surface area contributed by atoms with Gasteiger partial charge in [0.2, 0.25) is 5.91 Å². The molecule has 1 aromatic carbocycles. The van der Waals surface area contributed by atoms with E-state index in [0.717, 1.165) is 18.4 Å². The highest BCUT2D eigenvalue weighted by atomic mass is 16.5. The van der Waals surface area contributed by atoms with Crippen LogP contribution in [0.25, 0.3) is 0 Å². The number of ether oxygens (including phenoxy) is 1. The maximum absolute atomic E-state index is 12.3. The summed E-state index contributed by atoms with van der Waals surface area (Å²) < 4.78 is 5.30. The van der Waals surface area contributed by atoms with Crippen molar-refractivity contribution in [3.63, 3.8) is 0 Å². The van der Waals surface area contributed by atoms with Crippen molar-refractivity contribution in [2.45, 2.75) is 31.3 Å². The third-order valence-corrected chi connectivity index (χ3v) is 3.80. The summed E-state index contributed by atoms with van der Waals surface area (Å²) >= 11 is 0. The molecule has 2 rings (SSSR count). The van der Waals surface area contributed by atoms with Gasteiger partial charge in [-0.1, -0.05) is 12.1 Å². The molecule has 110 valence electrons. The van der Waals surface area contributed by atoms with Crippen molar-refractivity contribution in [2.24, 2.45) is 5.73 Å². The predicted octanol–water partition coefficient (Wildman–Crippen LogP) is 0.899. The Morgan fingerprint density at radius 3 is 2.60 bits per heavy atom. The first-order valence-corrected chi connectivity index (χ1v) is 6.96. The monoisotopic (exact) mass is 278 g/mol. The number of aromatic hydroxyl groups is 1. The molecule has 1 amide bonds. The van der Waals surface area contributed by atoms with E-state index >= 15 is 0 Å². The number of phenolic OH excluding ortho intramolecular Hbond substituents is 1. The Bertz CT molecular complexity index is 441. The second-order valence-corrected chi connectivity index (χ2v) is 5.27. The maximum Gasteiger partial charge on any atom is 0.239 e. The van der Waals surface area contributed by atoms with E-state index in [1.807, 2.05) is 7.05 Å². The van der Waals surface area contributed by atoms with Gasteiger partial charge in [-0.3, -0.25) is 4.79 Å². The van der Waals surface area contributed by atoms with Crippen LogP contribution in [0.15, 0.2) is 24.3 Å². The number of amides is 1. The van der Waals surface area contributed by atoms with Crippen molar-refractivity contribution < 1.29 is 14.6 Å². The van der Waals surface area contributed by atoms with Gasteiger partial charge in [0.25, 0.3) is 0 Å². The highest BCUT2D eigenvalue weighted by molar-refractivity contribution is 5.82. The zero-order chi connectivity index (χ0) is 14.5. The molecule has 1 aromatic rings. The van der Waals surface area contributed by atoms with Gasteiger partial charge in [-0.2, -0.15) is 0 Å². The summed E-state index contributed by atoms with van der Waals surface area (Å²) in [5.74, 6) is 0.179. The van der Waals surface area contributed by atoms with E-state index in [1.54, 1.807) is 29.2 Å². The molecule has 0 radical (unpaired) electrons. The molecule has 1 atom stereocenters. The second kappa shape index (κ2) is 6.72. The lowest BCUT2D eigenvalue weighted by atomic mass is 10.0. The van der Waals surface area contributed by atoms with E-state index in [0.29, 0.717) is 19.6 Å². The lowest BCUT2D eigenvalue weighted by Crippen LogP contribution is -2.49. The first-order chi connectivity index (χ1) is 9.58. The zero-order valence-corrected chi connectivity index (χ0v) is 11.8. The van der Waals surface area contributed by atoms with Crippen LogP contribution in [0.3, 0.4) is 0 Å². The van der Waals surface area contributed by atoms with E-state index in [2.05, 4.69) is 0 Å². The summed E-state index contributed by atoms with van der Waals surface area (Å²) in [7, 11) is 1.81. The van der Waals surface area contributed by atoms with Crippen molar-refractivity contribution in [3.05, 3.63) is 29.8 Å². The van der Waals surface area contributed by atoms with Crippen molar-refractivity contribution in [2.75, 3.05) is 20.3 Å². The number of likely N-dealkylation sites (N-methyl/N-ethyl adjacent to an activating group) is 1. The van der Waals surface area contributed by atoms with Gasteiger partial charge in [0.05, 0.1) is 6.04 Å². The van der Waals surface area contributed by atoms with Gasteiger partial charge in [-0.05, 0) is 37.0 Å². The summed E-state index contributed by atoms with van der Waals surface area (Å²) in [4.78, 5) is 14.1. The number of carbonyl (C=O) groups is 1. The number of nitrogens with two attached hydrogens (primary N) is 1. The van der Waals surface area contributed by atoms with Crippen LogP contribution in [-0.2, 0) is 16.0 Å². The third-order valence-electron chi connectivity index (χ3n) is 3.80. The largest absolute Gasteiger partial charge is 0.508 e. The van der Waals surface area contributed by atoms with Gasteiger partial charge >= 0.3 is 0 Å². The lowest BCUT2D eigenvalue weighted by molar-refractivity contribution is -0.135. The van der Waals surface area contributed by atoms with Crippen molar-refractivity contribution in [3.8, 4) is 5.75 Å². The Labute approximate surface area is 119 Å². The highest BCUT2D eigenvalue weighted by Crippen LogP contribution is 2.15. The van der Waals surface area contributed by atoms with Crippen LogP contribution in [0.4, 0.5) is 0 Å². The Hall–Kier alpha value is -1.59. The van der Waals surface area contributed by atoms with E-state index in [4.69, 9.17) is 10.5 Å². The summed E-state index contributed by atoms with van der Waals surface area (Å²) in [6.45, 7) is 1.41. The molecule has 3 N–H and O–H groups in total. The second-order valence-electron chi connectivity index (χ2n) is 5.27. The molecule has 0 unspecified atom stereocenters. The summed E-state index contributed by atoms with van der Waals surface area (Å²) in [5, 5.41) is 9.24. The molecular formula is C15H22N2O3. The van der Waals surface area contributed by atoms with Gasteiger partial charge < -0.3 is 20.5 Å². The van der Waals surface area contributed by atoms with Gasteiger partial charge in [0.1, 0.15) is 5.75 Å². The van der Waals surface area contributed by atoms with Gasteiger partial charge in [0, 0.05) is 26.3 Å². The number of carbonyl (C=O) groups excluding carboxylic acids is 1. The molecule has 1 saturated heterocycles. The minimum absolute atomic E-state index is 0.0371. The van der Waals surface area contributed by atoms with E-state index in [9.17, 15) is 9.90 Å². The minimum atomic E-state index is -0.549. The van der Waals surface area contributed by atoms with E-state index in [-0.39, 0.29) is 17.7 Å². The third kappa shape index (κ3) is 3.71. The normalized spacial score (nSPS) is 17.7. The Morgan fingerprint density at radius 2 is 2.00 bits per heavy atom. The molecule has 5 nitrogen and oxygen atoms in total. The van der Waals surface area contributed by atoms with Crippen LogP contribution in [0, 0.1) is 0 Å². The lowest BCUT2D eigenvalue weighted by Gasteiger charge is -2.32. The fraction of sp³-hybridized carbons (Fsp3) is 0.533. The average Bonchev–Trinajstić information content (AvgIpc) is 2.49. The molecule has 1 aliphatic rings. The Kier molecular flexibility index (Phi) is 4.98. The van der Waals surface area contributed by atoms with Crippen LogP contribution in [0.5, 0.6) is 5.75 Å². The van der Waals surface area contributed by atoms with Gasteiger partial charge in [0.15, 0.2) is 0 Å². The van der Waals surface area contributed by atoms with Crippen molar-refractivity contribution in [1.29, 1.82) is 0 Å². The van der Waals surface area contributed by atoms with Crippen molar-refractivity contribution >= 4 is 5.91 Å². The van der Waals surface area contributed by atoms with E-state index < -0.39 is 6.04 Å². The van der Waals surface area contributed by atoms with Crippen LogP contribution >= 0.6 is 0 Å². The SMILES string of the molecule is CN(C(=O)[C@H](N)Cc1ccc(O)cc1)C1CCOCC1. The molecule has 0 aliphatic carbocycles. The predicted molar refractivity (Wildman–Crippen MR) is 76.4 cm³/mol. The first-order valence-electron chi connectivity index (χ1n) is 6.96. The molecule has 1 fully saturated rings. The number of benzene rings is 1. The smallest absolute Gasteiger partial charge is 0.239 e. The molecule has 0 aromatic heterocycles. The molecule has 5 heteroatoms. The quantitative estimate of drug-likeness (QED) is 0.858. The fourth-order valence-electron chi connectivity index (χ4n) is 2.49. The van der Waals surface area contributed by atoms with Crippen LogP contribution < -0.4 is 5.73 Å². The molecule has 0 saturated carbocycles. The number of hydrogen-bond acceptors (Lipinski definition) is 4. The van der Waals surface area contributed by atoms with Gasteiger partial charge in [-0.25, -0.2) is 0 Å². The molecule has 20 heavy (non-hydrogen) atoms. The molecule has 1 heterocycles. The number of phenols is 1. The van der Waals surface area contributed by atoms with Crippen LogP contribution in [0.2, 0.25) is 0 Å². The topological polar surface area (TPSA) is 75.8 Å². The summed E-state index contributed by atoms with van der Waals surface area (Å²) in [5.41, 5.74) is 6.96. The highest BCUT2D eigenvalue weighted by Gasteiger charge is 2.26. The molecule has 0 bridgehead atoms. The molecular weight excluding hydrogens is 256 g/mol. The Morgan fingerprint density at radius 1 is 1.40 bits per heavy atom.